The highest BCUT2D eigenvalue weighted by Gasteiger charge is 2.04. The van der Waals surface area contributed by atoms with Gasteiger partial charge in [-0.15, -0.1) is 0 Å². The highest BCUT2D eigenvalue weighted by atomic mass is 19.1. The summed E-state index contributed by atoms with van der Waals surface area (Å²) in [6.07, 6.45) is 3.66. The second-order valence-corrected chi connectivity index (χ2v) is 3.82. The molecule has 0 saturated carbocycles. The Kier molecular flexibility index (Phi) is 6.29. The maximum Gasteiger partial charge on any atom is 0.330 e. The van der Waals surface area contributed by atoms with Gasteiger partial charge < -0.3 is 10.1 Å². The van der Waals surface area contributed by atoms with E-state index in [0.29, 0.717) is 0 Å². The molecule has 4 nitrogen and oxygen atoms in total. The summed E-state index contributed by atoms with van der Waals surface area (Å²) in [7, 11) is 0. The molecule has 0 heterocycles. The Morgan fingerprint density at radius 1 is 1.32 bits per heavy atom. The number of hydrogen-bond acceptors (Lipinski definition) is 3. The fraction of sp³-hybridized carbons (Fsp3) is 0.286. The molecule has 0 aliphatic carbocycles. The molecule has 0 aromatic heterocycles. The minimum absolute atomic E-state index is 0.265. The number of carbonyl (C=O) groups is 2. The van der Waals surface area contributed by atoms with Gasteiger partial charge in [0.05, 0.1) is 0 Å². The summed E-state index contributed by atoms with van der Waals surface area (Å²) in [5.41, 5.74) is 0.770. The first kappa shape index (κ1) is 14.9. The molecular weight excluding hydrogens is 249 g/mol. The van der Waals surface area contributed by atoms with E-state index >= 15 is 0 Å². The zero-order valence-corrected chi connectivity index (χ0v) is 10.7. The molecule has 0 aliphatic rings. The van der Waals surface area contributed by atoms with Crippen LogP contribution in [0, 0.1) is 5.82 Å². The molecule has 1 N–H and O–H groups in total. The zero-order valence-electron chi connectivity index (χ0n) is 10.7. The Hall–Kier alpha value is -2.17. The van der Waals surface area contributed by atoms with E-state index in [2.05, 4.69) is 5.32 Å². The molecule has 1 rings (SSSR count). The third-order valence-corrected chi connectivity index (χ3v) is 2.24. The summed E-state index contributed by atoms with van der Waals surface area (Å²) in [4.78, 5) is 22.5. The van der Waals surface area contributed by atoms with Crippen LogP contribution in [0.25, 0.3) is 0 Å². The Balaban J connectivity index is 2.26. The molecule has 19 heavy (non-hydrogen) atoms. The number of amides is 1. The van der Waals surface area contributed by atoms with Crippen molar-refractivity contribution in [2.24, 2.45) is 0 Å². The number of hydrogen-bond donors (Lipinski definition) is 1. The first-order chi connectivity index (χ1) is 9.11. The molecule has 0 spiro atoms. The largest absolute Gasteiger partial charge is 0.452 e. The van der Waals surface area contributed by atoms with Gasteiger partial charge in [-0.1, -0.05) is 25.1 Å². The lowest BCUT2D eigenvalue weighted by Gasteiger charge is -2.05. The second kappa shape index (κ2) is 8.02. The summed E-state index contributed by atoms with van der Waals surface area (Å²) < 4.78 is 17.4. The monoisotopic (exact) mass is 265 g/mol. The van der Waals surface area contributed by atoms with Crippen molar-refractivity contribution in [1.82, 2.24) is 5.32 Å². The Morgan fingerprint density at radius 2 is 2.00 bits per heavy atom. The van der Waals surface area contributed by atoms with E-state index in [9.17, 15) is 14.0 Å². The first-order valence-electron chi connectivity index (χ1n) is 5.96. The third kappa shape index (κ3) is 6.35. The van der Waals surface area contributed by atoms with Crippen LogP contribution in [0.4, 0.5) is 4.39 Å². The van der Waals surface area contributed by atoms with Gasteiger partial charge in [0.2, 0.25) is 0 Å². The minimum atomic E-state index is -0.543. The number of allylic oxidation sites excluding steroid dienone is 1. The lowest BCUT2D eigenvalue weighted by molar-refractivity contribution is -0.143. The highest BCUT2D eigenvalue weighted by Crippen LogP contribution is 2.01. The van der Waals surface area contributed by atoms with Crippen molar-refractivity contribution >= 4 is 11.9 Å². The Morgan fingerprint density at radius 3 is 2.63 bits per heavy atom. The van der Waals surface area contributed by atoms with Crippen LogP contribution in [0.15, 0.2) is 36.4 Å². The van der Waals surface area contributed by atoms with Crippen LogP contribution < -0.4 is 5.32 Å². The van der Waals surface area contributed by atoms with Gasteiger partial charge in [0.15, 0.2) is 6.61 Å². The van der Waals surface area contributed by atoms with Crippen LogP contribution in [0.3, 0.4) is 0 Å². The molecule has 0 radical (unpaired) electrons. The number of carbonyl (C=O) groups excluding carboxylic acids is 2. The first-order valence-corrected chi connectivity index (χ1v) is 5.96. The van der Waals surface area contributed by atoms with Gasteiger partial charge in [0.1, 0.15) is 5.82 Å². The van der Waals surface area contributed by atoms with Gasteiger partial charge in [0.25, 0.3) is 5.91 Å². The number of esters is 1. The van der Waals surface area contributed by atoms with Gasteiger partial charge in [0, 0.05) is 12.6 Å². The highest BCUT2D eigenvalue weighted by molar-refractivity contribution is 5.85. The van der Waals surface area contributed by atoms with Crippen molar-refractivity contribution in [2.45, 2.75) is 19.9 Å². The number of halogens is 1. The van der Waals surface area contributed by atoms with Crippen LogP contribution in [-0.4, -0.2) is 18.5 Å². The molecule has 5 heteroatoms. The van der Waals surface area contributed by atoms with Crippen LogP contribution >= 0.6 is 0 Å². The lowest BCUT2D eigenvalue weighted by Crippen LogP contribution is -2.28. The van der Waals surface area contributed by atoms with E-state index in [1.807, 2.05) is 6.92 Å². The minimum Gasteiger partial charge on any atom is -0.452 e. The van der Waals surface area contributed by atoms with Crippen molar-refractivity contribution in [3.63, 3.8) is 0 Å². The molecule has 1 aromatic rings. The molecule has 1 aromatic carbocycles. The van der Waals surface area contributed by atoms with Gasteiger partial charge >= 0.3 is 5.97 Å². The van der Waals surface area contributed by atoms with Crippen LogP contribution in [0.2, 0.25) is 0 Å². The topological polar surface area (TPSA) is 55.4 Å². The molecule has 0 fully saturated rings. The van der Waals surface area contributed by atoms with Crippen LogP contribution in [0.1, 0.15) is 18.9 Å². The molecule has 0 unspecified atom stereocenters. The van der Waals surface area contributed by atoms with Gasteiger partial charge in [-0.3, -0.25) is 4.79 Å². The van der Waals surface area contributed by atoms with Crippen molar-refractivity contribution in [3.05, 3.63) is 47.8 Å². The Labute approximate surface area is 111 Å². The van der Waals surface area contributed by atoms with Crippen molar-refractivity contribution in [2.75, 3.05) is 6.61 Å². The average molecular weight is 265 g/mol. The summed E-state index contributed by atoms with van der Waals surface area (Å²) in [5, 5.41) is 2.57. The molecule has 102 valence electrons. The summed E-state index contributed by atoms with van der Waals surface area (Å²) >= 11 is 0. The van der Waals surface area contributed by atoms with E-state index in [1.165, 1.54) is 18.2 Å². The van der Waals surface area contributed by atoms with Gasteiger partial charge in [-0.2, -0.15) is 0 Å². The van der Waals surface area contributed by atoms with Crippen molar-refractivity contribution < 1.29 is 18.7 Å². The number of benzene rings is 1. The predicted molar refractivity (Wildman–Crippen MR) is 68.6 cm³/mol. The predicted octanol–water partition coefficient (Wildman–Crippen LogP) is 1.95. The van der Waals surface area contributed by atoms with Gasteiger partial charge in [-0.25, -0.2) is 9.18 Å². The molecule has 0 atom stereocenters. The quantitative estimate of drug-likeness (QED) is 0.632. The second-order valence-electron chi connectivity index (χ2n) is 3.82. The zero-order chi connectivity index (χ0) is 14.1. The van der Waals surface area contributed by atoms with E-state index in [1.54, 1.807) is 18.2 Å². The Bertz CT molecular complexity index is 454. The summed E-state index contributed by atoms with van der Waals surface area (Å²) in [6, 6.07) is 5.78. The van der Waals surface area contributed by atoms with E-state index in [-0.39, 0.29) is 19.0 Å². The number of ether oxygens (including phenoxy) is 1. The number of rotatable bonds is 6. The maximum absolute atomic E-state index is 12.6. The average Bonchev–Trinajstić information content (AvgIpc) is 2.42. The number of nitrogens with one attached hydrogen (secondary N) is 1. The standard InChI is InChI=1S/C14H16FNO3/c1-2-3-4-14(18)19-10-13(17)16-9-11-5-7-12(15)8-6-11/h3-8H,2,9-10H2,1H3,(H,16,17)/b4-3+. The normalized spacial score (nSPS) is 10.4. The molecule has 0 aliphatic heterocycles. The maximum atomic E-state index is 12.6. The summed E-state index contributed by atoms with van der Waals surface area (Å²) in [5.74, 6) is -1.27. The van der Waals surface area contributed by atoms with Crippen molar-refractivity contribution in [3.8, 4) is 0 Å². The van der Waals surface area contributed by atoms with E-state index in [0.717, 1.165) is 12.0 Å². The van der Waals surface area contributed by atoms with Crippen LogP contribution in [-0.2, 0) is 20.9 Å². The van der Waals surface area contributed by atoms with Gasteiger partial charge in [-0.05, 0) is 24.1 Å². The molecule has 0 bridgehead atoms. The lowest BCUT2D eigenvalue weighted by atomic mass is 10.2. The third-order valence-electron chi connectivity index (χ3n) is 2.24. The molecule has 1 amide bonds. The van der Waals surface area contributed by atoms with E-state index < -0.39 is 11.9 Å². The molecule has 0 saturated heterocycles. The van der Waals surface area contributed by atoms with E-state index in [4.69, 9.17) is 4.74 Å². The molecular formula is C14H16FNO3. The SMILES string of the molecule is CC/C=C/C(=O)OCC(=O)NCc1ccc(F)cc1. The summed E-state index contributed by atoms with van der Waals surface area (Å²) in [6.45, 7) is 1.83. The smallest absolute Gasteiger partial charge is 0.330 e. The fourth-order valence-electron chi connectivity index (χ4n) is 1.25. The fourth-order valence-corrected chi connectivity index (χ4v) is 1.25. The van der Waals surface area contributed by atoms with Crippen LogP contribution in [0.5, 0.6) is 0 Å². The van der Waals surface area contributed by atoms with Crippen molar-refractivity contribution in [1.29, 1.82) is 0 Å².